The van der Waals surface area contributed by atoms with Crippen LogP contribution in [0.2, 0.25) is 20.1 Å². The van der Waals surface area contributed by atoms with Gasteiger partial charge in [-0.05, 0) is 108 Å². The number of hydrogen-bond donors (Lipinski definition) is 1. The standard InChI is InChI=1S/C31H21Cl4N3O4S/c1-41-26-15-18(14-25(35)29(26)42-17-28(39)36-22-8-2-19(32)3-9-22)16-27-30(40)38(24-12-6-21(34)7-13-24)31(43-27)37-23-10-4-20(33)5-11-23/h2-16H,17H2,1H3,(H,36,39)/b27-16-,37-31?. The fourth-order valence-corrected chi connectivity index (χ4v) is 5.63. The fraction of sp³-hybridized carbons (Fsp3) is 0.0645. The zero-order chi connectivity index (χ0) is 30.5. The lowest BCUT2D eigenvalue weighted by atomic mass is 10.1. The van der Waals surface area contributed by atoms with Crippen LogP contribution in [0.4, 0.5) is 17.1 Å². The SMILES string of the molecule is COc1cc(/C=C2\SC(=Nc3ccc(Cl)cc3)N(c3ccc(Cl)cc3)C2=O)cc(Cl)c1OCC(=O)Nc1ccc(Cl)cc1. The number of halogens is 4. The summed E-state index contributed by atoms with van der Waals surface area (Å²) in [5.74, 6) is -0.196. The summed E-state index contributed by atoms with van der Waals surface area (Å²) in [7, 11) is 1.46. The number of anilines is 2. The third-order valence-electron chi connectivity index (χ3n) is 5.97. The van der Waals surface area contributed by atoms with Gasteiger partial charge >= 0.3 is 0 Å². The molecule has 0 aromatic heterocycles. The molecule has 4 aromatic rings. The van der Waals surface area contributed by atoms with Crippen LogP contribution in [-0.2, 0) is 9.59 Å². The summed E-state index contributed by atoms with van der Waals surface area (Å²) in [6.45, 7) is -0.311. The average Bonchev–Trinajstić information content (AvgIpc) is 3.28. The van der Waals surface area contributed by atoms with Crippen molar-refractivity contribution >= 4 is 98.3 Å². The number of carbonyl (C=O) groups excluding carboxylic acids is 2. The molecule has 0 radical (unpaired) electrons. The summed E-state index contributed by atoms with van der Waals surface area (Å²) in [4.78, 5) is 32.7. The highest BCUT2D eigenvalue weighted by atomic mass is 35.5. The molecule has 1 heterocycles. The molecule has 0 unspecified atom stereocenters. The maximum atomic E-state index is 13.7. The molecule has 4 aromatic carbocycles. The molecule has 0 spiro atoms. The summed E-state index contributed by atoms with van der Waals surface area (Å²) in [6, 6.07) is 23.9. The van der Waals surface area contributed by atoms with Crippen molar-refractivity contribution in [2.75, 3.05) is 23.9 Å². The summed E-state index contributed by atoms with van der Waals surface area (Å²) >= 11 is 25.8. The van der Waals surface area contributed by atoms with E-state index in [0.717, 1.165) is 0 Å². The van der Waals surface area contributed by atoms with Crippen molar-refractivity contribution < 1.29 is 19.1 Å². The quantitative estimate of drug-likeness (QED) is 0.189. The van der Waals surface area contributed by atoms with E-state index in [4.69, 9.17) is 60.9 Å². The van der Waals surface area contributed by atoms with Gasteiger partial charge in [-0.25, -0.2) is 4.99 Å². The number of thioether (sulfide) groups is 1. The van der Waals surface area contributed by atoms with Crippen molar-refractivity contribution in [2.45, 2.75) is 0 Å². The minimum absolute atomic E-state index is 0.191. The van der Waals surface area contributed by atoms with Gasteiger partial charge in [0.25, 0.3) is 11.8 Å². The highest BCUT2D eigenvalue weighted by Crippen LogP contribution is 2.41. The zero-order valence-corrected chi connectivity index (χ0v) is 26.2. The minimum Gasteiger partial charge on any atom is -0.493 e. The van der Waals surface area contributed by atoms with E-state index in [9.17, 15) is 9.59 Å². The molecule has 12 heteroatoms. The van der Waals surface area contributed by atoms with Crippen molar-refractivity contribution in [3.05, 3.63) is 115 Å². The first-order valence-corrected chi connectivity index (χ1v) is 14.9. The van der Waals surface area contributed by atoms with E-state index in [1.165, 1.54) is 23.8 Å². The van der Waals surface area contributed by atoms with Crippen LogP contribution in [0.5, 0.6) is 11.5 Å². The lowest BCUT2D eigenvalue weighted by molar-refractivity contribution is -0.118. The normalized spacial score (nSPS) is 14.8. The summed E-state index contributed by atoms with van der Waals surface area (Å²) in [6.07, 6.45) is 1.69. The van der Waals surface area contributed by atoms with E-state index >= 15 is 0 Å². The van der Waals surface area contributed by atoms with E-state index in [-0.39, 0.29) is 23.3 Å². The first-order valence-electron chi connectivity index (χ1n) is 12.6. The van der Waals surface area contributed by atoms with Crippen LogP contribution in [0.1, 0.15) is 5.56 Å². The Bertz CT molecular complexity index is 1730. The van der Waals surface area contributed by atoms with Crippen molar-refractivity contribution in [3.8, 4) is 11.5 Å². The largest absolute Gasteiger partial charge is 0.493 e. The minimum atomic E-state index is -0.394. The molecule has 1 fully saturated rings. The van der Waals surface area contributed by atoms with Crippen molar-refractivity contribution in [3.63, 3.8) is 0 Å². The van der Waals surface area contributed by atoms with E-state index < -0.39 is 5.91 Å². The van der Waals surface area contributed by atoms with E-state index in [2.05, 4.69) is 5.32 Å². The van der Waals surface area contributed by atoms with Gasteiger partial charge in [-0.15, -0.1) is 0 Å². The van der Waals surface area contributed by atoms with Gasteiger partial charge < -0.3 is 14.8 Å². The number of nitrogens with one attached hydrogen (secondary N) is 1. The molecule has 7 nitrogen and oxygen atoms in total. The fourth-order valence-electron chi connectivity index (χ4n) is 3.98. The first-order chi connectivity index (χ1) is 20.7. The number of aliphatic imine (C=N–C) groups is 1. The molecule has 43 heavy (non-hydrogen) atoms. The van der Waals surface area contributed by atoms with Crippen LogP contribution in [0, 0.1) is 0 Å². The average molecular weight is 673 g/mol. The highest BCUT2D eigenvalue weighted by Gasteiger charge is 2.35. The van der Waals surface area contributed by atoms with Crippen molar-refractivity contribution in [1.29, 1.82) is 0 Å². The first kappa shape index (κ1) is 30.8. The van der Waals surface area contributed by atoms with Gasteiger partial charge in [-0.2, -0.15) is 0 Å². The molecule has 2 amide bonds. The lowest BCUT2D eigenvalue weighted by Crippen LogP contribution is -2.28. The Morgan fingerprint density at radius 3 is 2.14 bits per heavy atom. The number of amidine groups is 1. The van der Waals surface area contributed by atoms with Crippen LogP contribution in [0.15, 0.2) is 94.8 Å². The van der Waals surface area contributed by atoms with Crippen LogP contribution in [-0.4, -0.2) is 30.7 Å². The van der Waals surface area contributed by atoms with E-state index in [1.807, 2.05) is 0 Å². The monoisotopic (exact) mass is 671 g/mol. The van der Waals surface area contributed by atoms with Gasteiger partial charge in [0.1, 0.15) is 0 Å². The Labute approximate surface area is 272 Å². The molecule has 1 N–H and O–H groups in total. The number of ether oxygens (including phenoxy) is 2. The number of methoxy groups -OCH3 is 1. The molecule has 0 saturated carbocycles. The number of carbonyl (C=O) groups is 2. The van der Waals surface area contributed by atoms with Gasteiger partial charge in [0.05, 0.1) is 28.4 Å². The Hall–Kier alpha value is -3.66. The second-order valence-electron chi connectivity index (χ2n) is 8.98. The molecule has 1 aliphatic rings. The number of amides is 2. The molecule has 5 rings (SSSR count). The molecule has 1 saturated heterocycles. The van der Waals surface area contributed by atoms with Crippen LogP contribution >= 0.6 is 58.2 Å². The molecule has 218 valence electrons. The van der Waals surface area contributed by atoms with Crippen LogP contribution in [0.3, 0.4) is 0 Å². The molecule has 0 aliphatic carbocycles. The van der Waals surface area contributed by atoms with Gasteiger partial charge in [0, 0.05) is 20.8 Å². The Morgan fingerprint density at radius 1 is 0.907 bits per heavy atom. The van der Waals surface area contributed by atoms with Gasteiger partial charge in [0.15, 0.2) is 23.3 Å². The molecule has 1 aliphatic heterocycles. The Morgan fingerprint density at radius 2 is 1.51 bits per heavy atom. The third kappa shape index (κ3) is 7.65. The molecular weight excluding hydrogens is 652 g/mol. The smallest absolute Gasteiger partial charge is 0.271 e. The number of hydrogen-bond acceptors (Lipinski definition) is 6. The maximum absolute atomic E-state index is 13.7. The maximum Gasteiger partial charge on any atom is 0.271 e. The van der Waals surface area contributed by atoms with Crippen LogP contribution in [0.25, 0.3) is 6.08 Å². The zero-order valence-electron chi connectivity index (χ0n) is 22.3. The second-order valence-corrected chi connectivity index (χ2v) is 11.7. The molecular formula is C31H21Cl4N3O4S. The predicted molar refractivity (Wildman–Crippen MR) is 177 cm³/mol. The lowest BCUT2D eigenvalue weighted by Gasteiger charge is -2.15. The number of nitrogens with zero attached hydrogens (tertiary/aromatic N) is 2. The van der Waals surface area contributed by atoms with Crippen LogP contribution < -0.4 is 19.7 Å². The van der Waals surface area contributed by atoms with Crippen molar-refractivity contribution in [2.24, 2.45) is 4.99 Å². The van der Waals surface area contributed by atoms with Gasteiger partial charge in [-0.1, -0.05) is 46.4 Å². The summed E-state index contributed by atoms with van der Waals surface area (Å²) < 4.78 is 11.2. The number of rotatable bonds is 8. The van der Waals surface area contributed by atoms with Gasteiger partial charge in [0.2, 0.25) is 0 Å². The van der Waals surface area contributed by atoms with Crippen molar-refractivity contribution in [1.82, 2.24) is 0 Å². The van der Waals surface area contributed by atoms with Gasteiger partial charge in [-0.3, -0.25) is 14.5 Å². The Kier molecular flexibility index (Phi) is 9.85. The predicted octanol–water partition coefficient (Wildman–Crippen LogP) is 9.13. The number of benzene rings is 4. The second kappa shape index (κ2) is 13.8. The summed E-state index contributed by atoms with van der Waals surface area (Å²) in [5.41, 5.74) is 2.39. The third-order valence-corrected chi connectivity index (χ3v) is 7.97. The summed E-state index contributed by atoms with van der Waals surface area (Å²) in [5, 5.41) is 5.05. The topological polar surface area (TPSA) is 80.2 Å². The van der Waals surface area contributed by atoms with E-state index in [0.29, 0.717) is 53.5 Å². The molecule has 0 bridgehead atoms. The highest BCUT2D eigenvalue weighted by molar-refractivity contribution is 8.19. The van der Waals surface area contributed by atoms with E-state index in [1.54, 1.807) is 91.0 Å². The Balaban J connectivity index is 1.40. The molecule has 0 atom stereocenters.